The monoisotopic (exact) mass is 326 g/mol. The van der Waals surface area contributed by atoms with Crippen molar-refractivity contribution in [2.45, 2.75) is 32.2 Å². The van der Waals surface area contributed by atoms with Gasteiger partial charge in [0.05, 0.1) is 18.4 Å². The molecule has 3 aromatic rings. The van der Waals surface area contributed by atoms with Crippen LogP contribution in [0.2, 0.25) is 0 Å². The van der Waals surface area contributed by atoms with Crippen molar-refractivity contribution in [1.29, 1.82) is 0 Å². The molecule has 0 spiro atoms. The van der Waals surface area contributed by atoms with Crippen LogP contribution in [0.5, 0.6) is 0 Å². The Bertz CT molecular complexity index is 865. The van der Waals surface area contributed by atoms with Gasteiger partial charge in [-0.2, -0.15) is 4.98 Å². The number of amides is 1. The number of carbonyl (C=O) groups excluding carboxylic acids is 1. The molecule has 1 saturated carbocycles. The van der Waals surface area contributed by atoms with Crippen molar-refractivity contribution >= 4 is 5.91 Å². The highest BCUT2D eigenvalue weighted by atomic mass is 16.5. The van der Waals surface area contributed by atoms with E-state index in [1.807, 2.05) is 6.07 Å². The van der Waals surface area contributed by atoms with Gasteiger partial charge < -0.3 is 14.4 Å². The summed E-state index contributed by atoms with van der Waals surface area (Å²) in [4.78, 5) is 24.2. The molecule has 1 N–H and O–H groups in total. The van der Waals surface area contributed by atoms with Crippen LogP contribution in [-0.4, -0.2) is 31.2 Å². The maximum Gasteiger partial charge on any atom is 0.271 e. The standard InChI is InChI=1S/C15H14N6O3/c1-8-5-17-11(6-16-8)15(22)18-7-13-19-14(21-24-13)10-4-12(23-20-10)9-2-3-9/h4-6,9H,2-3,7H2,1H3,(H,18,22). The second kappa shape index (κ2) is 5.84. The molecular formula is C15H14N6O3. The predicted molar refractivity (Wildman–Crippen MR) is 79.7 cm³/mol. The van der Waals surface area contributed by atoms with Crippen LogP contribution in [0.15, 0.2) is 27.5 Å². The summed E-state index contributed by atoms with van der Waals surface area (Å²) in [6.07, 6.45) is 5.20. The first-order valence-electron chi connectivity index (χ1n) is 7.55. The highest BCUT2D eigenvalue weighted by Gasteiger charge is 2.28. The lowest BCUT2D eigenvalue weighted by Gasteiger charge is -2.00. The molecule has 24 heavy (non-hydrogen) atoms. The van der Waals surface area contributed by atoms with Gasteiger partial charge in [-0.05, 0) is 19.8 Å². The first kappa shape index (κ1) is 14.5. The Labute approximate surface area is 136 Å². The van der Waals surface area contributed by atoms with E-state index in [1.54, 1.807) is 6.92 Å². The minimum atomic E-state index is -0.361. The Morgan fingerprint density at radius 1 is 1.25 bits per heavy atom. The van der Waals surface area contributed by atoms with Crippen molar-refractivity contribution < 1.29 is 13.8 Å². The van der Waals surface area contributed by atoms with Gasteiger partial charge in [-0.3, -0.25) is 9.78 Å². The Morgan fingerprint density at radius 3 is 2.88 bits per heavy atom. The van der Waals surface area contributed by atoms with E-state index < -0.39 is 0 Å². The van der Waals surface area contributed by atoms with Gasteiger partial charge in [0.25, 0.3) is 5.91 Å². The summed E-state index contributed by atoms with van der Waals surface area (Å²) >= 11 is 0. The van der Waals surface area contributed by atoms with Crippen LogP contribution >= 0.6 is 0 Å². The van der Waals surface area contributed by atoms with Gasteiger partial charge in [0.15, 0.2) is 5.69 Å². The highest BCUT2D eigenvalue weighted by Crippen LogP contribution is 2.40. The molecule has 1 aliphatic carbocycles. The minimum Gasteiger partial charge on any atom is -0.360 e. The molecule has 9 heteroatoms. The maximum absolute atomic E-state index is 12.0. The number of nitrogens with one attached hydrogen (secondary N) is 1. The average molecular weight is 326 g/mol. The number of hydrogen-bond donors (Lipinski definition) is 1. The van der Waals surface area contributed by atoms with Crippen LogP contribution in [0.3, 0.4) is 0 Å². The first-order chi connectivity index (χ1) is 11.7. The van der Waals surface area contributed by atoms with Gasteiger partial charge in [-0.15, -0.1) is 0 Å². The van der Waals surface area contributed by atoms with Gasteiger partial charge in [0.2, 0.25) is 11.7 Å². The van der Waals surface area contributed by atoms with Crippen molar-refractivity contribution in [3.63, 3.8) is 0 Å². The van der Waals surface area contributed by atoms with E-state index in [0.29, 0.717) is 17.4 Å². The smallest absolute Gasteiger partial charge is 0.271 e. The third kappa shape index (κ3) is 3.00. The molecule has 0 aromatic carbocycles. The van der Waals surface area contributed by atoms with Crippen LogP contribution in [0.25, 0.3) is 11.5 Å². The molecule has 0 aliphatic heterocycles. The zero-order chi connectivity index (χ0) is 16.5. The molecule has 4 rings (SSSR count). The zero-order valence-electron chi connectivity index (χ0n) is 12.9. The topological polar surface area (TPSA) is 120 Å². The zero-order valence-corrected chi connectivity index (χ0v) is 12.9. The molecule has 3 heterocycles. The molecule has 1 fully saturated rings. The molecule has 0 radical (unpaired) electrons. The van der Waals surface area contributed by atoms with Gasteiger partial charge in [0, 0.05) is 18.2 Å². The Morgan fingerprint density at radius 2 is 2.12 bits per heavy atom. The highest BCUT2D eigenvalue weighted by molar-refractivity contribution is 5.91. The summed E-state index contributed by atoms with van der Waals surface area (Å²) in [5.74, 6) is 1.56. The second-order valence-corrected chi connectivity index (χ2v) is 5.63. The first-order valence-corrected chi connectivity index (χ1v) is 7.55. The number of nitrogens with zero attached hydrogens (tertiary/aromatic N) is 5. The normalized spacial score (nSPS) is 13.9. The van der Waals surface area contributed by atoms with Crippen molar-refractivity contribution in [2.75, 3.05) is 0 Å². The second-order valence-electron chi connectivity index (χ2n) is 5.63. The average Bonchev–Trinajstić information content (AvgIpc) is 3.13. The van der Waals surface area contributed by atoms with Gasteiger partial charge in [-0.1, -0.05) is 10.3 Å². The van der Waals surface area contributed by atoms with E-state index in [1.165, 1.54) is 12.4 Å². The lowest BCUT2D eigenvalue weighted by molar-refractivity contribution is 0.0941. The quantitative estimate of drug-likeness (QED) is 0.751. The molecule has 1 aliphatic rings. The lowest BCUT2D eigenvalue weighted by Crippen LogP contribution is -2.24. The minimum absolute atomic E-state index is 0.0920. The van der Waals surface area contributed by atoms with Crippen LogP contribution in [0, 0.1) is 6.92 Å². The Kier molecular flexibility index (Phi) is 3.52. The van der Waals surface area contributed by atoms with E-state index in [0.717, 1.165) is 24.3 Å². The number of rotatable bonds is 5. The fraction of sp³-hybridized carbons (Fsp3) is 0.333. The largest absolute Gasteiger partial charge is 0.360 e. The van der Waals surface area contributed by atoms with Crippen LogP contribution in [0.1, 0.15) is 46.6 Å². The Balaban J connectivity index is 1.39. The lowest BCUT2D eigenvalue weighted by atomic mass is 10.3. The molecule has 0 unspecified atom stereocenters. The van der Waals surface area contributed by atoms with Crippen LogP contribution < -0.4 is 5.32 Å². The predicted octanol–water partition coefficient (Wildman–Crippen LogP) is 1.63. The number of aryl methyl sites for hydroxylation is 1. The number of aromatic nitrogens is 5. The Hall–Kier alpha value is -3.10. The van der Waals surface area contributed by atoms with Crippen molar-refractivity contribution in [3.05, 3.63) is 41.5 Å². The summed E-state index contributed by atoms with van der Waals surface area (Å²) in [5.41, 5.74) is 1.50. The molecule has 3 aromatic heterocycles. The fourth-order valence-corrected chi connectivity index (χ4v) is 2.14. The summed E-state index contributed by atoms with van der Waals surface area (Å²) in [7, 11) is 0. The van der Waals surface area contributed by atoms with Crippen molar-refractivity contribution in [1.82, 2.24) is 30.6 Å². The molecule has 0 atom stereocenters. The number of hydrogen-bond acceptors (Lipinski definition) is 8. The summed E-state index contributed by atoms with van der Waals surface area (Å²) < 4.78 is 10.4. The molecule has 122 valence electrons. The van der Waals surface area contributed by atoms with Crippen LogP contribution in [0.4, 0.5) is 0 Å². The maximum atomic E-state index is 12.0. The third-order valence-electron chi connectivity index (χ3n) is 3.62. The molecule has 0 bridgehead atoms. The molecule has 1 amide bonds. The van der Waals surface area contributed by atoms with E-state index in [9.17, 15) is 4.79 Å². The molecular weight excluding hydrogens is 312 g/mol. The van der Waals surface area contributed by atoms with Gasteiger partial charge in [0.1, 0.15) is 11.5 Å². The summed E-state index contributed by atoms with van der Waals surface area (Å²) in [6, 6.07) is 1.83. The van der Waals surface area contributed by atoms with Crippen molar-refractivity contribution in [2.24, 2.45) is 0 Å². The van der Waals surface area contributed by atoms with Gasteiger partial charge in [-0.25, -0.2) is 4.98 Å². The van der Waals surface area contributed by atoms with E-state index in [4.69, 9.17) is 9.05 Å². The third-order valence-corrected chi connectivity index (χ3v) is 3.62. The number of carbonyl (C=O) groups is 1. The van der Waals surface area contributed by atoms with E-state index >= 15 is 0 Å². The van der Waals surface area contributed by atoms with E-state index in [-0.39, 0.29) is 24.0 Å². The summed E-state index contributed by atoms with van der Waals surface area (Å²) in [5, 5.41) is 10.5. The summed E-state index contributed by atoms with van der Waals surface area (Å²) in [6.45, 7) is 1.89. The fourth-order valence-electron chi connectivity index (χ4n) is 2.14. The molecule has 9 nitrogen and oxygen atoms in total. The van der Waals surface area contributed by atoms with Gasteiger partial charge >= 0.3 is 0 Å². The van der Waals surface area contributed by atoms with Crippen LogP contribution in [-0.2, 0) is 6.54 Å². The van der Waals surface area contributed by atoms with Crippen molar-refractivity contribution in [3.8, 4) is 11.5 Å². The van der Waals surface area contributed by atoms with E-state index in [2.05, 4.69) is 30.6 Å². The molecule has 0 saturated heterocycles. The SMILES string of the molecule is Cc1cnc(C(=O)NCc2nc(-c3cc(C4CC4)on3)no2)cn1.